The number of nitrogens with one attached hydrogen (secondary N) is 1. The van der Waals surface area contributed by atoms with Crippen LogP contribution in [-0.4, -0.2) is 45.2 Å². The van der Waals surface area contributed by atoms with E-state index in [9.17, 15) is 4.79 Å². The minimum Gasteiger partial charge on any atom is -0.385 e. The average molecular weight is 314 g/mol. The predicted octanol–water partition coefficient (Wildman–Crippen LogP) is 2.10. The van der Waals surface area contributed by atoms with E-state index in [1.54, 1.807) is 13.4 Å². The van der Waals surface area contributed by atoms with Gasteiger partial charge in [0.05, 0.1) is 5.25 Å². The van der Waals surface area contributed by atoms with E-state index in [0.717, 1.165) is 24.5 Å². The molecule has 0 aromatic carbocycles. The van der Waals surface area contributed by atoms with Crippen LogP contribution in [0.25, 0.3) is 0 Å². The van der Waals surface area contributed by atoms with Crippen LogP contribution in [0.3, 0.4) is 0 Å². The summed E-state index contributed by atoms with van der Waals surface area (Å²) in [5.41, 5.74) is -0.182. The van der Waals surface area contributed by atoms with Gasteiger partial charge >= 0.3 is 0 Å². The number of carbonyl (C=O) groups is 1. The van der Waals surface area contributed by atoms with Gasteiger partial charge in [-0.15, -0.1) is 10.2 Å². The van der Waals surface area contributed by atoms with Gasteiger partial charge in [-0.25, -0.2) is 0 Å². The number of carbonyl (C=O) groups excluding carboxylic acids is 1. The largest absolute Gasteiger partial charge is 0.385 e. The molecular weight excluding hydrogens is 288 g/mol. The summed E-state index contributed by atoms with van der Waals surface area (Å²) < 4.78 is 7.00. The molecule has 0 aliphatic rings. The maximum atomic E-state index is 12.2. The smallest absolute Gasteiger partial charge is 0.233 e. The quantitative estimate of drug-likeness (QED) is 0.558. The second kappa shape index (κ2) is 8.38. The van der Waals surface area contributed by atoms with Crippen LogP contribution < -0.4 is 5.32 Å². The molecular formula is C14H26N4O2S. The average Bonchev–Trinajstić information content (AvgIpc) is 2.86. The van der Waals surface area contributed by atoms with E-state index in [4.69, 9.17) is 4.74 Å². The van der Waals surface area contributed by atoms with Crippen molar-refractivity contribution in [1.82, 2.24) is 20.1 Å². The van der Waals surface area contributed by atoms with Gasteiger partial charge in [-0.05, 0) is 33.6 Å². The number of hydrogen-bond acceptors (Lipinski definition) is 5. The standard InChI is InChI=1S/C14H26N4O2S/c1-6-14(3,4)16-12(19)11(2)21-13-17-15-10-18(13)8-7-9-20-5/h10-11H,6-9H2,1-5H3,(H,16,19). The first kappa shape index (κ1) is 18.0. The van der Waals surface area contributed by atoms with Crippen LogP contribution in [0.5, 0.6) is 0 Å². The first-order valence-electron chi connectivity index (χ1n) is 7.25. The predicted molar refractivity (Wildman–Crippen MR) is 84.3 cm³/mol. The van der Waals surface area contributed by atoms with E-state index in [-0.39, 0.29) is 16.7 Å². The fraction of sp³-hybridized carbons (Fsp3) is 0.786. The van der Waals surface area contributed by atoms with E-state index in [2.05, 4.69) is 22.4 Å². The van der Waals surface area contributed by atoms with Crippen LogP contribution in [0.1, 0.15) is 40.5 Å². The third-order valence-corrected chi connectivity index (χ3v) is 4.42. The van der Waals surface area contributed by atoms with Gasteiger partial charge in [0.1, 0.15) is 6.33 Å². The van der Waals surface area contributed by atoms with Crippen molar-refractivity contribution in [3.05, 3.63) is 6.33 Å². The molecule has 1 aromatic heterocycles. The van der Waals surface area contributed by atoms with Crippen molar-refractivity contribution in [3.8, 4) is 0 Å². The maximum Gasteiger partial charge on any atom is 0.233 e. The number of thioether (sulfide) groups is 1. The molecule has 1 N–H and O–H groups in total. The van der Waals surface area contributed by atoms with Gasteiger partial charge in [0.25, 0.3) is 0 Å². The molecule has 0 radical (unpaired) electrons. The molecule has 0 spiro atoms. The van der Waals surface area contributed by atoms with Crippen molar-refractivity contribution in [1.29, 1.82) is 0 Å². The highest BCUT2D eigenvalue weighted by Gasteiger charge is 2.23. The van der Waals surface area contributed by atoms with Crippen LogP contribution in [0, 0.1) is 0 Å². The molecule has 0 fully saturated rings. The lowest BCUT2D eigenvalue weighted by Crippen LogP contribution is -2.46. The fourth-order valence-corrected chi connectivity index (χ4v) is 2.45. The summed E-state index contributed by atoms with van der Waals surface area (Å²) in [4.78, 5) is 12.2. The zero-order valence-electron chi connectivity index (χ0n) is 13.5. The van der Waals surface area contributed by atoms with Gasteiger partial charge < -0.3 is 14.6 Å². The number of aryl methyl sites for hydroxylation is 1. The third-order valence-electron chi connectivity index (χ3n) is 3.32. The molecule has 1 atom stereocenters. The summed E-state index contributed by atoms with van der Waals surface area (Å²) in [5, 5.41) is 11.6. The second-order valence-corrected chi connectivity index (χ2v) is 6.95. The molecule has 0 saturated carbocycles. The number of nitrogens with zero attached hydrogens (tertiary/aromatic N) is 3. The molecule has 1 rings (SSSR count). The highest BCUT2D eigenvalue weighted by Crippen LogP contribution is 2.22. The first-order valence-corrected chi connectivity index (χ1v) is 8.13. The number of amides is 1. The Labute approximate surface area is 131 Å². The lowest BCUT2D eigenvalue weighted by Gasteiger charge is -2.26. The van der Waals surface area contributed by atoms with Crippen LogP contribution in [0.4, 0.5) is 0 Å². The van der Waals surface area contributed by atoms with E-state index < -0.39 is 0 Å². The number of aromatic nitrogens is 3. The summed E-state index contributed by atoms with van der Waals surface area (Å²) in [6.45, 7) is 9.48. The van der Waals surface area contributed by atoms with Crippen molar-refractivity contribution in [2.75, 3.05) is 13.7 Å². The van der Waals surface area contributed by atoms with Crippen LogP contribution in [0.15, 0.2) is 11.5 Å². The first-order chi connectivity index (χ1) is 9.89. The molecule has 1 heterocycles. The van der Waals surface area contributed by atoms with E-state index in [1.165, 1.54) is 11.8 Å². The number of hydrogen-bond donors (Lipinski definition) is 1. The molecule has 0 aliphatic carbocycles. The highest BCUT2D eigenvalue weighted by molar-refractivity contribution is 8.00. The zero-order valence-corrected chi connectivity index (χ0v) is 14.4. The van der Waals surface area contributed by atoms with Crippen molar-refractivity contribution >= 4 is 17.7 Å². The molecule has 120 valence electrons. The molecule has 21 heavy (non-hydrogen) atoms. The minimum atomic E-state index is -0.207. The fourth-order valence-electron chi connectivity index (χ4n) is 1.60. The Morgan fingerprint density at radius 2 is 2.29 bits per heavy atom. The Hall–Kier alpha value is -1.08. The van der Waals surface area contributed by atoms with Crippen molar-refractivity contribution in [2.45, 2.75) is 63.0 Å². The zero-order chi connectivity index (χ0) is 15.9. The Balaban J connectivity index is 2.56. The van der Waals surface area contributed by atoms with Crippen molar-refractivity contribution in [3.63, 3.8) is 0 Å². The lowest BCUT2D eigenvalue weighted by atomic mass is 10.0. The van der Waals surface area contributed by atoms with Crippen LogP contribution in [0.2, 0.25) is 0 Å². The Kier molecular flexibility index (Phi) is 7.17. The second-order valence-electron chi connectivity index (χ2n) is 5.64. The van der Waals surface area contributed by atoms with Gasteiger partial charge in [0, 0.05) is 25.8 Å². The van der Waals surface area contributed by atoms with Gasteiger partial charge in [0.2, 0.25) is 5.91 Å². The Morgan fingerprint density at radius 1 is 1.57 bits per heavy atom. The summed E-state index contributed by atoms with van der Waals surface area (Å²) in [6.07, 6.45) is 3.48. The van der Waals surface area contributed by atoms with Crippen LogP contribution >= 0.6 is 11.8 Å². The number of methoxy groups -OCH3 is 1. The molecule has 1 amide bonds. The molecule has 0 aliphatic heterocycles. The SMILES string of the molecule is CCC(C)(C)NC(=O)C(C)Sc1nncn1CCCOC. The van der Waals surface area contributed by atoms with Crippen molar-refractivity contribution in [2.24, 2.45) is 0 Å². The molecule has 0 bridgehead atoms. The topological polar surface area (TPSA) is 69.0 Å². The number of ether oxygens (including phenoxy) is 1. The normalized spacial score (nSPS) is 13.2. The molecule has 1 aromatic rings. The van der Waals surface area contributed by atoms with E-state index in [1.807, 2.05) is 25.3 Å². The molecule has 0 saturated heterocycles. The van der Waals surface area contributed by atoms with Gasteiger partial charge in [-0.2, -0.15) is 0 Å². The molecule has 7 heteroatoms. The van der Waals surface area contributed by atoms with E-state index in [0.29, 0.717) is 6.61 Å². The summed E-state index contributed by atoms with van der Waals surface area (Å²) in [7, 11) is 1.68. The minimum absolute atomic E-state index is 0.0262. The van der Waals surface area contributed by atoms with Gasteiger partial charge in [0.15, 0.2) is 5.16 Å². The third kappa shape index (κ3) is 6.05. The number of rotatable bonds is 9. The van der Waals surface area contributed by atoms with Crippen LogP contribution in [-0.2, 0) is 16.1 Å². The molecule has 1 unspecified atom stereocenters. The highest BCUT2D eigenvalue weighted by atomic mass is 32.2. The van der Waals surface area contributed by atoms with Gasteiger partial charge in [-0.3, -0.25) is 4.79 Å². The summed E-state index contributed by atoms with van der Waals surface area (Å²) in [5.74, 6) is 0.0262. The van der Waals surface area contributed by atoms with E-state index >= 15 is 0 Å². The Morgan fingerprint density at radius 3 is 2.90 bits per heavy atom. The molecule has 6 nitrogen and oxygen atoms in total. The van der Waals surface area contributed by atoms with Gasteiger partial charge in [-0.1, -0.05) is 18.7 Å². The summed E-state index contributed by atoms with van der Waals surface area (Å²) >= 11 is 1.43. The van der Waals surface area contributed by atoms with Crippen molar-refractivity contribution < 1.29 is 9.53 Å². The lowest BCUT2D eigenvalue weighted by molar-refractivity contribution is -0.121. The monoisotopic (exact) mass is 314 g/mol. The summed E-state index contributed by atoms with van der Waals surface area (Å²) in [6, 6.07) is 0. The Bertz CT molecular complexity index is 448. The maximum absolute atomic E-state index is 12.2.